The smallest absolute Gasteiger partial charge is 0.780 e. The molecule has 0 heterocycles. The average molecular weight is 217 g/mol. The largest absolute Gasteiger partial charge is 1.00 e. The molecule has 0 aromatic heterocycles. The first-order valence-electron chi connectivity index (χ1n) is 1.43. The predicted molar refractivity (Wildman–Crippen MR) is 18.3 cm³/mol. The third-order valence-corrected chi connectivity index (χ3v) is 0.605. The van der Waals surface area contributed by atoms with Gasteiger partial charge >= 0.3 is 109 Å². The second kappa shape index (κ2) is 8.30. The number of phosphoric ester groups is 1. The first kappa shape index (κ1) is 18.5. The second-order valence-electron chi connectivity index (χ2n) is 0.858. The topological polar surface area (TPSA) is 116 Å². The van der Waals surface area contributed by atoms with Gasteiger partial charge in [-0.05, 0) is 0 Å². The Balaban J connectivity index is -0.000000245. The molecule has 0 atom stereocenters. The molecule has 10 heavy (non-hydrogen) atoms. The van der Waals surface area contributed by atoms with Crippen LogP contribution in [-0.2, 0) is 9.09 Å². The Morgan fingerprint density at radius 2 is 1.70 bits per heavy atom. The minimum Gasteiger partial charge on any atom is -0.780 e. The van der Waals surface area contributed by atoms with E-state index < -0.39 is 13.9 Å². The summed E-state index contributed by atoms with van der Waals surface area (Å²) in [6, 6.07) is 0. The molecule has 48 valence electrons. The SMILES string of the molecule is NC(=O)OP(=O)([O-])[O-].[K+].[K+]. The normalized spacial score (nSPS) is 8.60. The van der Waals surface area contributed by atoms with E-state index in [1.54, 1.807) is 0 Å². The Hall–Kier alpha value is 2.69. The molecule has 0 aliphatic heterocycles. The van der Waals surface area contributed by atoms with E-state index in [1.165, 1.54) is 0 Å². The summed E-state index contributed by atoms with van der Waals surface area (Å²) in [6.45, 7) is 0. The van der Waals surface area contributed by atoms with Crippen molar-refractivity contribution >= 4 is 13.9 Å². The number of carbonyl (C=O) groups excluding carboxylic acids is 1. The Morgan fingerprint density at radius 3 is 1.70 bits per heavy atom. The molecule has 0 aromatic rings. The molecule has 0 aliphatic rings. The van der Waals surface area contributed by atoms with E-state index in [2.05, 4.69) is 10.3 Å². The molecule has 0 aromatic carbocycles. The second-order valence-corrected chi connectivity index (χ2v) is 1.93. The van der Waals surface area contributed by atoms with E-state index in [0.717, 1.165) is 0 Å². The molecule has 9 heteroatoms. The van der Waals surface area contributed by atoms with Crippen LogP contribution in [0.15, 0.2) is 0 Å². The Labute approximate surface area is 142 Å². The maximum Gasteiger partial charge on any atom is 1.00 e. The van der Waals surface area contributed by atoms with Crippen molar-refractivity contribution in [3.63, 3.8) is 0 Å². The van der Waals surface area contributed by atoms with E-state index in [-0.39, 0.29) is 103 Å². The van der Waals surface area contributed by atoms with Crippen molar-refractivity contribution in [1.29, 1.82) is 0 Å². The summed E-state index contributed by atoms with van der Waals surface area (Å²) in [6.07, 6.45) is -1.61. The van der Waals surface area contributed by atoms with Gasteiger partial charge in [-0.2, -0.15) is 0 Å². The van der Waals surface area contributed by atoms with Crippen LogP contribution in [0.2, 0.25) is 0 Å². The van der Waals surface area contributed by atoms with Crippen LogP contribution in [0.1, 0.15) is 0 Å². The molecule has 0 aliphatic carbocycles. The molecule has 0 bridgehead atoms. The van der Waals surface area contributed by atoms with E-state index in [4.69, 9.17) is 0 Å². The maximum atomic E-state index is 9.44. The van der Waals surface area contributed by atoms with Gasteiger partial charge in [-0.3, -0.25) is 0 Å². The number of carbonyl (C=O) groups is 1. The molecule has 1 amide bonds. The molecule has 0 spiro atoms. The Kier molecular flexibility index (Phi) is 15.3. The van der Waals surface area contributed by atoms with Gasteiger partial charge in [0, 0.05) is 0 Å². The van der Waals surface area contributed by atoms with E-state index in [9.17, 15) is 19.1 Å². The third kappa shape index (κ3) is 17.0. The van der Waals surface area contributed by atoms with Gasteiger partial charge in [0.15, 0.2) is 0 Å². The fourth-order valence-electron chi connectivity index (χ4n) is 0.110. The van der Waals surface area contributed by atoms with Gasteiger partial charge in [0.25, 0.3) is 0 Å². The fourth-order valence-corrected chi connectivity index (χ4v) is 0.331. The molecule has 0 rings (SSSR count). The number of primary amides is 1. The standard InChI is InChI=1S/CH4NO5P.2K/c2-1(3)7-8(4,5)6;;/h(H2,2,3)(H2,4,5,6);;/q;2*+1/p-2. The molecule has 0 unspecified atom stereocenters. The van der Waals surface area contributed by atoms with Gasteiger partial charge in [-0.1, -0.05) is 0 Å². The number of nitrogens with two attached hydrogens (primary N) is 1. The van der Waals surface area contributed by atoms with Gasteiger partial charge in [0.2, 0.25) is 0 Å². The van der Waals surface area contributed by atoms with Crippen LogP contribution >= 0.6 is 7.82 Å². The van der Waals surface area contributed by atoms with Gasteiger partial charge in [0.05, 0.1) is 0 Å². The summed E-state index contributed by atoms with van der Waals surface area (Å²) in [5, 5.41) is 0. The molecule has 0 saturated heterocycles. The van der Waals surface area contributed by atoms with Crippen LogP contribution < -0.4 is 118 Å². The first-order valence-corrected chi connectivity index (χ1v) is 2.89. The first-order chi connectivity index (χ1) is 3.42. The summed E-state index contributed by atoms with van der Waals surface area (Å²) in [5.41, 5.74) is 4.15. The number of phosphoric acid groups is 1. The minimum absolute atomic E-state index is 0. The summed E-state index contributed by atoms with van der Waals surface area (Å²) in [5.74, 6) is 0. The van der Waals surface area contributed by atoms with Crippen molar-refractivity contribution in [3.05, 3.63) is 0 Å². The van der Waals surface area contributed by atoms with Gasteiger partial charge in [-0.15, -0.1) is 0 Å². The molecule has 0 saturated carbocycles. The van der Waals surface area contributed by atoms with Gasteiger partial charge in [-0.25, -0.2) is 4.79 Å². The van der Waals surface area contributed by atoms with Crippen LogP contribution in [0.25, 0.3) is 0 Å². The summed E-state index contributed by atoms with van der Waals surface area (Å²) in [7, 11) is -5.20. The van der Waals surface area contributed by atoms with Crippen LogP contribution in [0, 0.1) is 0 Å². The van der Waals surface area contributed by atoms with Crippen molar-refractivity contribution in [2.45, 2.75) is 0 Å². The maximum absolute atomic E-state index is 9.44. The molecular weight excluding hydrogens is 215 g/mol. The van der Waals surface area contributed by atoms with Crippen LogP contribution in [0.4, 0.5) is 4.79 Å². The summed E-state index contributed by atoms with van der Waals surface area (Å²) >= 11 is 0. The zero-order valence-electron chi connectivity index (χ0n) is 5.57. The van der Waals surface area contributed by atoms with Crippen molar-refractivity contribution in [2.24, 2.45) is 5.73 Å². The monoisotopic (exact) mass is 217 g/mol. The number of rotatable bonds is 1. The van der Waals surface area contributed by atoms with Crippen molar-refractivity contribution in [1.82, 2.24) is 0 Å². The van der Waals surface area contributed by atoms with Gasteiger partial charge in [0.1, 0.15) is 7.82 Å². The molecular formula is CH2K2NO5P. The van der Waals surface area contributed by atoms with Gasteiger partial charge < -0.3 is 24.6 Å². The number of hydrogen-bond acceptors (Lipinski definition) is 5. The Morgan fingerprint density at radius 1 is 1.40 bits per heavy atom. The Bertz CT molecular complexity index is 143. The number of amides is 1. The van der Waals surface area contributed by atoms with Crippen LogP contribution in [-0.4, -0.2) is 6.09 Å². The zero-order valence-corrected chi connectivity index (χ0v) is 12.7. The molecule has 0 radical (unpaired) electrons. The molecule has 0 fully saturated rings. The van der Waals surface area contributed by atoms with Crippen molar-refractivity contribution in [3.8, 4) is 0 Å². The van der Waals surface area contributed by atoms with E-state index in [1.807, 2.05) is 0 Å². The fraction of sp³-hybridized carbons (Fsp3) is 0. The van der Waals surface area contributed by atoms with Crippen LogP contribution in [0.3, 0.4) is 0 Å². The van der Waals surface area contributed by atoms with E-state index in [0.29, 0.717) is 0 Å². The number of hydrogen-bond donors (Lipinski definition) is 1. The predicted octanol–water partition coefficient (Wildman–Crippen LogP) is -8.08. The molecule has 6 nitrogen and oxygen atoms in total. The third-order valence-electron chi connectivity index (χ3n) is 0.202. The quantitative estimate of drug-likeness (QED) is 0.346. The zero-order chi connectivity index (χ0) is 6.78. The van der Waals surface area contributed by atoms with Crippen LogP contribution in [0.5, 0.6) is 0 Å². The summed E-state index contributed by atoms with van der Waals surface area (Å²) in [4.78, 5) is 28.2. The van der Waals surface area contributed by atoms with Crippen molar-refractivity contribution < 1.29 is 126 Å². The van der Waals surface area contributed by atoms with Crippen molar-refractivity contribution in [2.75, 3.05) is 0 Å². The molecule has 2 N–H and O–H groups in total. The average Bonchev–Trinajstić information content (AvgIpc) is 1.21. The van der Waals surface area contributed by atoms with E-state index >= 15 is 0 Å². The minimum atomic E-state index is -5.20. The summed E-state index contributed by atoms with van der Waals surface area (Å²) < 4.78 is 12.4.